The average molecular weight is 337 g/mol. The summed E-state index contributed by atoms with van der Waals surface area (Å²) in [5.74, 6) is 2.57. The van der Waals surface area contributed by atoms with Crippen molar-refractivity contribution in [1.29, 1.82) is 0 Å². The molecule has 0 aliphatic carbocycles. The Bertz CT molecular complexity index is 854. The number of benzene rings is 1. The first-order valence-corrected chi connectivity index (χ1v) is 8.35. The van der Waals surface area contributed by atoms with Crippen molar-refractivity contribution in [3.05, 3.63) is 72.2 Å². The third-order valence-electron chi connectivity index (χ3n) is 4.28. The molecule has 0 radical (unpaired) electrons. The number of fused-ring (bicyclic) bond motifs is 1. The average Bonchev–Trinajstić information content (AvgIpc) is 3.30. The number of amides is 1. The minimum absolute atomic E-state index is 0.0864. The molecular weight excluding hydrogens is 318 g/mol. The molecule has 0 saturated carbocycles. The van der Waals surface area contributed by atoms with Crippen molar-refractivity contribution >= 4 is 5.91 Å². The fourth-order valence-corrected chi connectivity index (χ4v) is 2.99. The highest BCUT2D eigenvalue weighted by Gasteiger charge is 2.22. The Hall–Kier alpha value is -3.02. The topological polar surface area (TPSA) is 69.3 Å². The van der Waals surface area contributed by atoms with Crippen LogP contribution in [0.1, 0.15) is 28.6 Å². The maximum Gasteiger partial charge on any atom is 0.287 e. The van der Waals surface area contributed by atoms with Gasteiger partial charge in [0.1, 0.15) is 23.9 Å². The molecule has 0 fully saturated rings. The Balaban J connectivity index is 1.33. The van der Waals surface area contributed by atoms with Crippen LogP contribution in [0.2, 0.25) is 0 Å². The molecule has 128 valence electrons. The summed E-state index contributed by atoms with van der Waals surface area (Å²) in [6.45, 7) is 1.03. The molecule has 1 N–H and O–H groups in total. The maximum absolute atomic E-state index is 12.4. The first-order valence-electron chi connectivity index (χ1n) is 8.35. The lowest BCUT2D eigenvalue weighted by atomic mass is 10.1. The van der Waals surface area contributed by atoms with E-state index in [-0.39, 0.29) is 11.9 Å². The SMILES string of the molecule is O=C(N[C@H]1CCc2nccn2C1)c1ccc(COc2ccccc2)o1. The zero-order valence-corrected chi connectivity index (χ0v) is 13.7. The number of para-hydroxylation sites is 1. The van der Waals surface area contributed by atoms with Crippen LogP contribution in [0.4, 0.5) is 0 Å². The predicted octanol–water partition coefficient (Wildman–Crippen LogP) is 2.80. The van der Waals surface area contributed by atoms with E-state index in [0.717, 1.165) is 31.0 Å². The molecule has 3 heterocycles. The van der Waals surface area contributed by atoms with Crippen LogP contribution in [0.25, 0.3) is 0 Å². The lowest BCUT2D eigenvalue weighted by Crippen LogP contribution is -2.40. The van der Waals surface area contributed by atoms with Gasteiger partial charge in [0.25, 0.3) is 5.91 Å². The number of furan rings is 1. The number of nitrogens with one attached hydrogen (secondary N) is 1. The number of hydrogen-bond donors (Lipinski definition) is 1. The maximum atomic E-state index is 12.4. The number of carbonyl (C=O) groups is 1. The quantitative estimate of drug-likeness (QED) is 0.777. The number of nitrogens with zero attached hydrogens (tertiary/aromatic N) is 2. The van der Waals surface area contributed by atoms with Crippen LogP contribution in [-0.4, -0.2) is 21.5 Å². The molecule has 3 aromatic rings. The van der Waals surface area contributed by atoms with Crippen LogP contribution in [-0.2, 0) is 19.6 Å². The van der Waals surface area contributed by atoms with Crippen molar-refractivity contribution < 1.29 is 13.9 Å². The Morgan fingerprint density at radius 1 is 1.28 bits per heavy atom. The minimum Gasteiger partial charge on any atom is -0.486 e. The van der Waals surface area contributed by atoms with Crippen molar-refractivity contribution in [3.8, 4) is 5.75 Å². The molecule has 4 rings (SSSR count). The zero-order chi connectivity index (χ0) is 17.1. The molecule has 1 amide bonds. The molecule has 0 unspecified atom stereocenters. The summed E-state index contributed by atoms with van der Waals surface area (Å²) in [6.07, 6.45) is 5.49. The molecule has 6 heteroatoms. The fourth-order valence-electron chi connectivity index (χ4n) is 2.99. The van der Waals surface area contributed by atoms with Crippen molar-refractivity contribution in [1.82, 2.24) is 14.9 Å². The van der Waals surface area contributed by atoms with Crippen molar-refractivity contribution in [3.63, 3.8) is 0 Å². The van der Waals surface area contributed by atoms with Gasteiger partial charge in [-0.2, -0.15) is 0 Å². The summed E-state index contributed by atoms with van der Waals surface area (Å²) < 4.78 is 13.3. The van der Waals surface area contributed by atoms with Gasteiger partial charge in [-0.15, -0.1) is 0 Å². The van der Waals surface area contributed by atoms with Crippen molar-refractivity contribution in [2.45, 2.75) is 32.0 Å². The van der Waals surface area contributed by atoms with Crippen LogP contribution in [0.5, 0.6) is 5.75 Å². The third kappa shape index (κ3) is 3.57. The van der Waals surface area contributed by atoms with E-state index in [1.165, 1.54) is 0 Å². The standard InChI is InChI=1S/C19H19N3O3/c23-19(21-14-6-9-18-20-10-11-22(18)12-14)17-8-7-16(25-17)13-24-15-4-2-1-3-5-15/h1-5,7-8,10-11,14H,6,9,12-13H2,(H,21,23)/t14-/m0/s1. The van der Waals surface area contributed by atoms with Crippen LogP contribution in [0.15, 0.2) is 59.3 Å². The molecular formula is C19H19N3O3. The summed E-state index contributed by atoms with van der Waals surface area (Å²) >= 11 is 0. The van der Waals surface area contributed by atoms with E-state index in [1.807, 2.05) is 36.5 Å². The molecule has 6 nitrogen and oxygen atoms in total. The fraction of sp³-hybridized carbons (Fsp3) is 0.263. The largest absolute Gasteiger partial charge is 0.486 e. The van der Waals surface area contributed by atoms with Crippen LogP contribution < -0.4 is 10.1 Å². The minimum atomic E-state index is -0.195. The van der Waals surface area contributed by atoms with Gasteiger partial charge in [-0.25, -0.2) is 4.98 Å². The highest BCUT2D eigenvalue weighted by molar-refractivity contribution is 5.91. The monoisotopic (exact) mass is 337 g/mol. The summed E-state index contributed by atoms with van der Waals surface area (Å²) in [5.41, 5.74) is 0. The van der Waals surface area contributed by atoms with Gasteiger partial charge in [-0.1, -0.05) is 18.2 Å². The van der Waals surface area contributed by atoms with Gasteiger partial charge in [-0.3, -0.25) is 4.79 Å². The summed E-state index contributed by atoms with van der Waals surface area (Å²) in [5, 5.41) is 3.03. The predicted molar refractivity (Wildman–Crippen MR) is 91.3 cm³/mol. The van der Waals surface area contributed by atoms with Gasteiger partial charge in [0, 0.05) is 31.4 Å². The molecule has 1 atom stereocenters. The van der Waals surface area contributed by atoms with Gasteiger partial charge in [0.15, 0.2) is 5.76 Å². The number of aromatic nitrogens is 2. The van der Waals surface area contributed by atoms with Crippen LogP contribution >= 0.6 is 0 Å². The highest BCUT2D eigenvalue weighted by Crippen LogP contribution is 2.16. The Morgan fingerprint density at radius 2 is 2.16 bits per heavy atom. The first kappa shape index (κ1) is 15.5. The molecule has 1 aliphatic heterocycles. The van der Waals surface area contributed by atoms with E-state index >= 15 is 0 Å². The number of ether oxygens (including phenoxy) is 1. The van der Waals surface area contributed by atoms with Crippen LogP contribution in [0.3, 0.4) is 0 Å². The summed E-state index contributed by atoms with van der Waals surface area (Å²) in [7, 11) is 0. The summed E-state index contributed by atoms with van der Waals surface area (Å²) in [4.78, 5) is 16.7. The lowest BCUT2D eigenvalue weighted by molar-refractivity contribution is 0.0895. The molecule has 1 aliphatic rings. The second kappa shape index (κ2) is 6.84. The highest BCUT2D eigenvalue weighted by atomic mass is 16.5. The van der Waals surface area contributed by atoms with Gasteiger partial charge in [-0.05, 0) is 30.7 Å². The number of hydrogen-bond acceptors (Lipinski definition) is 4. The smallest absolute Gasteiger partial charge is 0.287 e. The molecule has 2 aromatic heterocycles. The summed E-state index contributed by atoms with van der Waals surface area (Å²) in [6, 6.07) is 13.0. The molecule has 25 heavy (non-hydrogen) atoms. The second-order valence-corrected chi connectivity index (χ2v) is 6.07. The van der Waals surface area contributed by atoms with E-state index in [1.54, 1.807) is 18.3 Å². The third-order valence-corrected chi connectivity index (χ3v) is 4.28. The van der Waals surface area contributed by atoms with Crippen molar-refractivity contribution in [2.24, 2.45) is 0 Å². The van der Waals surface area contributed by atoms with Gasteiger partial charge >= 0.3 is 0 Å². The molecule has 0 saturated heterocycles. The van der Waals surface area contributed by atoms with Gasteiger partial charge in [0.2, 0.25) is 0 Å². The van der Waals surface area contributed by atoms with Crippen LogP contribution in [0, 0.1) is 0 Å². The first-order chi connectivity index (χ1) is 12.3. The molecule has 1 aromatic carbocycles. The number of rotatable bonds is 5. The molecule has 0 spiro atoms. The Labute approximate surface area is 145 Å². The number of aryl methyl sites for hydroxylation is 1. The van der Waals surface area contributed by atoms with E-state index in [9.17, 15) is 4.79 Å². The van der Waals surface area contributed by atoms with E-state index < -0.39 is 0 Å². The van der Waals surface area contributed by atoms with E-state index in [0.29, 0.717) is 18.1 Å². The van der Waals surface area contributed by atoms with Crippen molar-refractivity contribution in [2.75, 3.05) is 0 Å². The normalized spacial score (nSPS) is 16.2. The van der Waals surface area contributed by atoms with E-state index in [4.69, 9.17) is 9.15 Å². The van der Waals surface area contributed by atoms with Gasteiger partial charge in [0.05, 0.1) is 0 Å². The number of carbonyl (C=O) groups excluding carboxylic acids is 1. The molecule has 0 bridgehead atoms. The zero-order valence-electron chi connectivity index (χ0n) is 13.7. The number of imidazole rings is 1. The second-order valence-electron chi connectivity index (χ2n) is 6.07. The Kier molecular flexibility index (Phi) is 4.24. The lowest BCUT2D eigenvalue weighted by Gasteiger charge is -2.24. The van der Waals surface area contributed by atoms with E-state index in [2.05, 4.69) is 14.9 Å². The Morgan fingerprint density at radius 3 is 3.04 bits per heavy atom. The van der Waals surface area contributed by atoms with Gasteiger partial charge < -0.3 is 19.0 Å².